The molecule has 6 heteroatoms. The molecule has 1 aliphatic heterocycles. The molecule has 0 amide bonds. The largest absolute Gasteiger partial charge is 0.478 e. The van der Waals surface area contributed by atoms with Crippen molar-refractivity contribution in [1.82, 2.24) is 0 Å². The fourth-order valence-electron chi connectivity index (χ4n) is 2.06. The average Bonchev–Trinajstić information content (AvgIpc) is 3.00. The van der Waals surface area contributed by atoms with Gasteiger partial charge in [0.1, 0.15) is 0 Å². The number of nitrogens with one attached hydrogen (secondary N) is 1. The highest BCUT2D eigenvalue weighted by Gasteiger charge is 2.14. The van der Waals surface area contributed by atoms with E-state index in [2.05, 4.69) is 10.5 Å². The molecular weight excluding hydrogens is 284 g/mol. The third-order valence-electron chi connectivity index (χ3n) is 3.25. The van der Waals surface area contributed by atoms with Gasteiger partial charge in [-0.15, -0.1) is 0 Å². The van der Waals surface area contributed by atoms with E-state index in [1.165, 1.54) is 12.1 Å². The molecule has 0 bridgehead atoms. The van der Waals surface area contributed by atoms with Gasteiger partial charge in [0.05, 0.1) is 17.0 Å². The third-order valence-corrected chi connectivity index (χ3v) is 3.25. The summed E-state index contributed by atoms with van der Waals surface area (Å²) in [5.74, 6) is 0.443. The van der Waals surface area contributed by atoms with Crippen LogP contribution >= 0.6 is 0 Å². The highest BCUT2D eigenvalue weighted by molar-refractivity contribution is 5.99. The van der Waals surface area contributed by atoms with E-state index < -0.39 is 5.97 Å². The van der Waals surface area contributed by atoms with Gasteiger partial charge in [-0.05, 0) is 43.3 Å². The SMILES string of the molecule is CC(=NNc1cccc(C(=O)O)c1)c1ccc2c(c1)OCO2. The highest BCUT2D eigenvalue weighted by atomic mass is 16.7. The van der Waals surface area contributed by atoms with Gasteiger partial charge >= 0.3 is 5.97 Å². The minimum atomic E-state index is -0.972. The lowest BCUT2D eigenvalue weighted by atomic mass is 10.1. The van der Waals surface area contributed by atoms with Crippen molar-refractivity contribution in [2.45, 2.75) is 6.92 Å². The third kappa shape index (κ3) is 2.85. The number of nitrogens with zero attached hydrogens (tertiary/aromatic N) is 1. The average molecular weight is 298 g/mol. The van der Waals surface area contributed by atoms with Crippen LogP contribution in [0.4, 0.5) is 5.69 Å². The smallest absolute Gasteiger partial charge is 0.335 e. The molecule has 0 spiro atoms. The second-order valence-corrected chi connectivity index (χ2v) is 4.76. The van der Waals surface area contributed by atoms with Crippen molar-refractivity contribution in [2.24, 2.45) is 5.10 Å². The van der Waals surface area contributed by atoms with Crippen LogP contribution in [0.25, 0.3) is 0 Å². The molecular formula is C16H14N2O4. The van der Waals surface area contributed by atoms with Crippen molar-refractivity contribution in [3.63, 3.8) is 0 Å². The number of carboxylic acids is 1. The van der Waals surface area contributed by atoms with E-state index in [1.807, 2.05) is 25.1 Å². The van der Waals surface area contributed by atoms with Crippen LogP contribution < -0.4 is 14.9 Å². The summed E-state index contributed by atoms with van der Waals surface area (Å²) in [5.41, 5.74) is 5.32. The molecule has 0 aromatic heterocycles. The molecule has 0 fully saturated rings. The second-order valence-electron chi connectivity index (χ2n) is 4.76. The van der Waals surface area contributed by atoms with Crippen LogP contribution in [-0.4, -0.2) is 23.6 Å². The van der Waals surface area contributed by atoms with E-state index in [1.54, 1.807) is 12.1 Å². The number of carbonyl (C=O) groups is 1. The standard InChI is InChI=1S/C16H14N2O4/c1-10(11-5-6-14-15(8-11)22-9-21-14)17-18-13-4-2-3-12(7-13)16(19)20/h2-8,18H,9H2,1H3,(H,19,20). The van der Waals surface area contributed by atoms with Crippen LogP contribution in [0.15, 0.2) is 47.6 Å². The first kappa shape index (κ1) is 13.9. The molecule has 2 aromatic carbocycles. The first-order valence-corrected chi connectivity index (χ1v) is 6.67. The highest BCUT2D eigenvalue weighted by Crippen LogP contribution is 2.32. The summed E-state index contributed by atoms with van der Waals surface area (Å²) in [6.45, 7) is 2.08. The maximum absolute atomic E-state index is 10.9. The normalized spacial score (nSPS) is 13.0. The fourth-order valence-corrected chi connectivity index (χ4v) is 2.06. The predicted octanol–water partition coefficient (Wildman–Crippen LogP) is 2.95. The maximum atomic E-state index is 10.9. The van der Waals surface area contributed by atoms with E-state index in [9.17, 15) is 4.79 Å². The first-order chi connectivity index (χ1) is 10.6. The van der Waals surface area contributed by atoms with Crippen molar-refractivity contribution in [3.8, 4) is 11.5 Å². The van der Waals surface area contributed by atoms with Gasteiger partial charge in [0.2, 0.25) is 6.79 Å². The molecule has 0 radical (unpaired) electrons. The first-order valence-electron chi connectivity index (χ1n) is 6.67. The van der Waals surface area contributed by atoms with Crippen LogP contribution in [0.5, 0.6) is 11.5 Å². The zero-order valence-corrected chi connectivity index (χ0v) is 11.9. The van der Waals surface area contributed by atoms with Crippen molar-refractivity contribution in [2.75, 3.05) is 12.2 Å². The van der Waals surface area contributed by atoms with Gasteiger partial charge in [-0.25, -0.2) is 4.79 Å². The number of rotatable bonds is 4. The molecule has 1 aliphatic rings. The van der Waals surface area contributed by atoms with Crippen molar-refractivity contribution < 1.29 is 19.4 Å². The van der Waals surface area contributed by atoms with E-state index in [0.717, 1.165) is 17.0 Å². The molecule has 2 N–H and O–H groups in total. The van der Waals surface area contributed by atoms with Gasteiger partial charge in [-0.3, -0.25) is 5.43 Å². The number of hydrogen-bond acceptors (Lipinski definition) is 5. The quantitative estimate of drug-likeness (QED) is 0.670. The number of hydrogen-bond donors (Lipinski definition) is 2. The van der Waals surface area contributed by atoms with Gasteiger partial charge in [0.15, 0.2) is 11.5 Å². The molecule has 112 valence electrons. The number of carboxylic acid groups (broad SMARTS) is 1. The zero-order chi connectivity index (χ0) is 15.5. The zero-order valence-electron chi connectivity index (χ0n) is 11.9. The van der Waals surface area contributed by atoms with E-state index >= 15 is 0 Å². The van der Waals surface area contributed by atoms with E-state index in [-0.39, 0.29) is 12.4 Å². The molecule has 22 heavy (non-hydrogen) atoms. The Morgan fingerprint density at radius 2 is 1.95 bits per heavy atom. The lowest BCUT2D eigenvalue weighted by molar-refractivity contribution is 0.0697. The van der Waals surface area contributed by atoms with Crippen molar-refractivity contribution in [1.29, 1.82) is 0 Å². The number of benzene rings is 2. The lowest BCUT2D eigenvalue weighted by Gasteiger charge is -2.05. The molecule has 0 atom stereocenters. The topological polar surface area (TPSA) is 80.2 Å². The maximum Gasteiger partial charge on any atom is 0.335 e. The summed E-state index contributed by atoms with van der Waals surface area (Å²) in [5, 5.41) is 13.2. The molecule has 6 nitrogen and oxygen atoms in total. The molecule has 1 heterocycles. The summed E-state index contributed by atoms with van der Waals surface area (Å²) < 4.78 is 10.6. The Hall–Kier alpha value is -3.02. The number of hydrazone groups is 1. The van der Waals surface area contributed by atoms with Crippen LogP contribution in [0.3, 0.4) is 0 Å². The minimum absolute atomic E-state index is 0.209. The summed E-state index contributed by atoms with van der Waals surface area (Å²) in [6, 6.07) is 12.1. The summed E-state index contributed by atoms with van der Waals surface area (Å²) >= 11 is 0. The molecule has 2 aromatic rings. The minimum Gasteiger partial charge on any atom is -0.478 e. The molecule has 0 aliphatic carbocycles. The lowest BCUT2D eigenvalue weighted by Crippen LogP contribution is -2.01. The van der Waals surface area contributed by atoms with Gasteiger partial charge < -0.3 is 14.6 Å². The Balaban J connectivity index is 1.77. The second kappa shape index (κ2) is 5.77. The molecule has 0 unspecified atom stereocenters. The summed E-state index contributed by atoms with van der Waals surface area (Å²) in [6.07, 6.45) is 0. The molecule has 3 rings (SSSR count). The Morgan fingerprint density at radius 3 is 2.77 bits per heavy atom. The van der Waals surface area contributed by atoms with Gasteiger partial charge in [-0.2, -0.15) is 5.10 Å². The Bertz CT molecular complexity index is 756. The summed E-state index contributed by atoms with van der Waals surface area (Å²) in [4.78, 5) is 10.9. The Morgan fingerprint density at radius 1 is 1.14 bits per heavy atom. The number of fused-ring (bicyclic) bond motifs is 1. The van der Waals surface area contributed by atoms with Crippen molar-refractivity contribution >= 4 is 17.4 Å². The number of anilines is 1. The van der Waals surface area contributed by atoms with E-state index in [4.69, 9.17) is 14.6 Å². The van der Waals surface area contributed by atoms with Crippen LogP contribution in [0.2, 0.25) is 0 Å². The van der Waals surface area contributed by atoms with Gasteiger partial charge in [-0.1, -0.05) is 6.07 Å². The molecule has 0 saturated carbocycles. The van der Waals surface area contributed by atoms with E-state index in [0.29, 0.717) is 11.4 Å². The predicted molar refractivity (Wildman–Crippen MR) is 81.8 cm³/mol. The Kier molecular flexibility index (Phi) is 3.65. The number of aromatic carboxylic acids is 1. The van der Waals surface area contributed by atoms with Crippen LogP contribution in [0, 0.1) is 0 Å². The van der Waals surface area contributed by atoms with Crippen LogP contribution in [0.1, 0.15) is 22.8 Å². The van der Waals surface area contributed by atoms with Gasteiger partial charge in [0, 0.05) is 5.56 Å². The Labute approximate surface area is 127 Å². The van der Waals surface area contributed by atoms with Crippen LogP contribution in [-0.2, 0) is 0 Å². The van der Waals surface area contributed by atoms with Crippen molar-refractivity contribution in [3.05, 3.63) is 53.6 Å². The fraction of sp³-hybridized carbons (Fsp3) is 0.125. The number of ether oxygens (including phenoxy) is 2. The molecule has 0 saturated heterocycles. The monoisotopic (exact) mass is 298 g/mol. The summed E-state index contributed by atoms with van der Waals surface area (Å²) in [7, 11) is 0. The van der Waals surface area contributed by atoms with Gasteiger partial charge in [0.25, 0.3) is 0 Å².